The predicted octanol–water partition coefficient (Wildman–Crippen LogP) is 3.96. The van der Waals surface area contributed by atoms with Crippen molar-refractivity contribution in [2.75, 3.05) is 0 Å². The van der Waals surface area contributed by atoms with Crippen molar-refractivity contribution in [3.8, 4) is 0 Å². The molecule has 19 heavy (non-hydrogen) atoms. The van der Waals surface area contributed by atoms with E-state index >= 15 is 0 Å². The van der Waals surface area contributed by atoms with Crippen molar-refractivity contribution in [1.29, 1.82) is 0 Å². The number of aryl methyl sites for hydroxylation is 1. The molecule has 0 radical (unpaired) electrons. The van der Waals surface area contributed by atoms with Gasteiger partial charge in [-0.25, -0.2) is 0 Å². The smallest absolute Gasteiger partial charge is 0.0313 e. The molecular formula is C17H28N2. The van der Waals surface area contributed by atoms with Crippen LogP contribution in [0.4, 0.5) is 0 Å². The number of fused-ring (bicyclic) bond motifs is 1. The Hall–Kier alpha value is -0.760. The first-order chi connectivity index (χ1) is 9.16. The molecule has 1 fully saturated rings. The van der Waals surface area contributed by atoms with Crippen LogP contribution >= 0.6 is 0 Å². The van der Waals surface area contributed by atoms with Crippen LogP contribution in [0.15, 0.2) is 6.07 Å². The van der Waals surface area contributed by atoms with E-state index in [-0.39, 0.29) is 6.04 Å². The second kappa shape index (κ2) is 5.32. The normalized spacial score (nSPS) is 31.2. The molecule has 2 aliphatic rings. The first-order valence-electron chi connectivity index (χ1n) is 8.11. The summed E-state index contributed by atoms with van der Waals surface area (Å²) in [4.78, 5) is 0. The van der Waals surface area contributed by atoms with Gasteiger partial charge in [-0.3, -0.25) is 0 Å². The van der Waals surface area contributed by atoms with Gasteiger partial charge in [-0.2, -0.15) is 0 Å². The average molecular weight is 260 g/mol. The van der Waals surface area contributed by atoms with E-state index < -0.39 is 0 Å². The van der Waals surface area contributed by atoms with Gasteiger partial charge in [-0.1, -0.05) is 26.2 Å². The highest BCUT2D eigenvalue weighted by atomic mass is 15.0. The zero-order valence-electron chi connectivity index (χ0n) is 12.5. The van der Waals surface area contributed by atoms with E-state index in [9.17, 15) is 0 Å². The van der Waals surface area contributed by atoms with Gasteiger partial charge >= 0.3 is 0 Å². The first-order valence-corrected chi connectivity index (χ1v) is 8.11. The number of hydrogen-bond donors (Lipinski definition) is 1. The van der Waals surface area contributed by atoms with Gasteiger partial charge in [0.05, 0.1) is 0 Å². The van der Waals surface area contributed by atoms with Crippen LogP contribution in [-0.2, 0) is 13.0 Å². The molecule has 1 aromatic heterocycles. The molecule has 0 saturated heterocycles. The molecule has 2 heteroatoms. The number of aromatic nitrogens is 1. The molecule has 2 aliphatic carbocycles. The third-order valence-corrected chi connectivity index (χ3v) is 5.48. The molecule has 3 unspecified atom stereocenters. The Bertz CT molecular complexity index is 446. The van der Waals surface area contributed by atoms with Crippen molar-refractivity contribution in [3.63, 3.8) is 0 Å². The van der Waals surface area contributed by atoms with Gasteiger partial charge in [0.15, 0.2) is 0 Å². The van der Waals surface area contributed by atoms with Crippen molar-refractivity contribution in [2.45, 2.75) is 71.4 Å². The molecule has 1 aromatic rings. The molecule has 3 atom stereocenters. The van der Waals surface area contributed by atoms with Gasteiger partial charge in [0.25, 0.3) is 0 Å². The molecule has 3 rings (SSSR count). The summed E-state index contributed by atoms with van der Waals surface area (Å²) in [6, 6.07) is 2.64. The quantitative estimate of drug-likeness (QED) is 0.857. The van der Waals surface area contributed by atoms with Gasteiger partial charge in [0.2, 0.25) is 0 Å². The fourth-order valence-corrected chi connectivity index (χ4v) is 4.15. The van der Waals surface area contributed by atoms with Crippen molar-refractivity contribution >= 4 is 0 Å². The van der Waals surface area contributed by atoms with Gasteiger partial charge < -0.3 is 10.3 Å². The summed E-state index contributed by atoms with van der Waals surface area (Å²) in [5, 5.41) is 0. The summed E-state index contributed by atoms with van der Waals surface area (Å²) in [5.41, 5.74) is 10.7. The topological polar surface area (TPSA) is 30.9 Å². The second-order valence-electron chi connectivity index (χ2n) is 6.82. The predicted molar refractivity (Wildman–Crippen MR) is 80.2 cm³/mol. The Morgan fingerprint density at radius 1 is 1.21 bits per heavy atom. The number of rotatable bonds is 2. The lowest BCUT2D eigenvalue weighted by Crippen LogP contribution is -2.25. The highest BCUT2D eigenvalue weighted by molar-refractivity contribution is 5.32. The van der Waals surface area contributed by atoms with Crippen LogP contribution in [0, 0.1) is 18.8 Å². The number of hydrogen-bond acceptors (Lipinski definition) is 1. The lowest BCUT2D eigenvalue weighted by atomic mass is 9.80. The summed E-state index contributed by atoms with van der Waals surface area (Å²) >= 11 is 0. The Morgan fingerprint density at radius 3 is 2.79 bits per heavy atom. The molecule has 0 spiro atoms. The number of nitrogens with two attached hydrogens (primary N) is 1. The van der Waals surface area contributed by atoms with Crippen LogP contribution in [0.1, 0.15) is 68.4 Å². The summed E-state index contributed by atoms with van der Waals surface area (Å²) < 4.78 is 2.60. The lowest BCUT2D eigenvalue weighted by Gasteiger charge is -2.31. The monoisotopic (exact) mass is 260 g/mol. The minimum Gasteiger partial charge on any atom is -0.348 e. The fourth-order valence-electron chi connectivity index (χ4n) is 4.15. The van der Waals surface area contributed by atoms with Crippen molar-refractivity contribution in [2.24, 2.45) is 17.6 Å². The van der Waals surface area contributed by atoms with Gasteiger partial charge in [-0.05, 0) is 56.1 Å². The minimum absolute atomic E-state index is 0.285. The minimum atomic E-state index is 0.285. The molecule has 2 N–H and O–H groups in total. The van der Waals surface area contributed by atoms with Crippen LogP contribution < -0.4 is 5.73 Å². The van der Waals surface area contributed by atoms with Crippen molar-refractivity contribution in [1.82, 2.24) is 4.57 Å². The summed E-state index contributed by atoms with van der Waals surface area (Å²) in [6.07, 6.45) is 9.36. The molecule has 1 heterocycles. The molecule has 106 valence electrons. The largest absolute Gasteiger partial charge is 0.348 e. The van der Waals surface area contributed by atoms with Crippen LogP contribution in [0.3, 0.4) is 0 Å². The Labute approximate surface area is 117 Å². The molecule has 0 amide bonds. The fraction of sp³-hybridized carbons (Fsp3) is 0.765. The van der Waals surface area contributed by atoms with Crippen LogP contribution in [0.25, 0.3) is 0 Å². The van der Waals surface area contributed by atoms with E-state index in [0.29, 0.717) is 0 Å². The molecule has 0 aliphatic heterocycles. The van der Waals surface area contributed by atoms with E-state index in [1.807, 2.05) is 0 Å². The molecular weight excluding hydrogens is 232 g/mol. The van der Waals surface area contributed by atoms with E-state index in [0.717, 1.165) is 18.3 Å². The number of nitrogens with zero attached hydrogens (tertiary/aromatic N) is 1. The maximum atomic E-state index is 6.28. The van der Waals surface area contributed by atoms with Gasteiger partial charge in [0, 0.05) is 24.0 Å². The Morgan fingerprint density at radius 2 is 2.00 bits per heavy atom. The lowest BCUT2D eigenvalue weighted by molar-refractivity contribution is 0.225. The standard InChI is InChI=1S/C17H28N2/c1-12-6-3-4-7-14(12)11-19-13(2)10-15-16(18)8-5-9-17(15)19/h10,12,14,16H,3-9,11,18H2,1-2H3. The third kappa shape index (κ3) is 2.47. The molecule has 0 aromatic carbocycles. The summed E-state index contributed by atoms with van der Waals surface area (Å²) in [6.45, 7) is 5.94. The zero-order valence-corrected chi connectivity index (χ0v) is 12.5. The second-order valence-corrected chi connectivity index (χ2v) is 6.82. The van der Waals surface area contributed by atoms with E-state index in [2.05, 4.69) is 24.5 Å². The highest BCUT2D eigenvalue weighted by Gasteiger charge is 2.26. The SMILES string of the molecule is Cc1cc2c(n1CC1CCCCC1C)CCCC2N. The zero-order chi connectivity index (χ0) is 13.4. The Balaban J connectivity index is 1.84. The summed E-state index contributed by atoms with van der Waals surface area (Å²) in [7, 11) is 0. The maximum absolute atomic E-state index is 6.28. The molecule has 0 bridgehead atoms. The van der Waals surface area contributed by atoms with Gasteiger partial charge in [-0.15, -0.1) is 0 Å². The molecule has 1 saturated carbocycles. The van der Waals surface area contributed by atoms with Crippen LogP contribution in [-0.4, -0.2) is 4.57 Å². The maximum Gasteiger partial charge on any atom is 0.0313 e. The van der Waals surface area contributed by atoms with E-state index in [1.54, 1.807) is 5.69 Å². The highest BCUT2D eigenvalue weighted by Crippen LogP contribution is 2.35. The third-order valence-electron chi connectivity index (χ3n) is 5.48. The van der Waals surface area contributed by atoms with Crippen LogP contribution in [0.2, 0.25) is 0 Å². The Kier molecular flexibility index (Phi) is 3.70. The van der Waals surface area contributed by atoms with Crippen LogP contribution in [0.5, 0.6) is 0 Å². The van der Waals surface area contributed by atoms with Crippen molar-refractivity contribution in [3.05, 3.63) is 23.0 Å². The summed E-state index contributed by atoms with van der Waals surface area (Å²) in [5.74, 6) is 1.77. The average Bonchev–Trinajstić information content (AvgIpc) is 2.71. The van der Waals surface area contributed by atoms with E-state index in [4.69, 9.17) is 5.73 Å². The van der Waals surface area contributed by atoms with Gasteiger partial charge in [0.1, 0.15) is 0 Å². The first kappa shape index (κ1) is 13.2. The van der Waals surface area contributed by atoms with Crippen molar-refractivity contribution < 1.29 is 0 Å². The van der Waals surface area contributed by atoms with E-state index in [1.165, 1.54) is 56.3 Å². The molecule has 2 nitrogen and oxygen atoms in total.